The van der Waals surface area contributed by atoms with Crippen LogP contribution in [-0.2, 0) is 0 Å². The van der Waals surface area contributed by atoms with Gasteiger partial charge in [0.15, 0.2) is 0 Å². The van der Waals surface area contributed by atoms with Crippen molar-refractivity contribution in [2.45, 2.75) is 65.0 Å². The summed E-state index contributed by atoms with van der Waals surface area (Å²) in [7, 11) is 2.04. The Hall–Kier alpha value is -1.16. The van der Waals surface area contributed by atoms with Gasteiger partial charge in [-0.1, -0.05) is 13.8 Å². The third-order valence-corrected chi connectivity index (χ3v) is 4.25. The third-order valence-electron chi connectivity index (χ3n) is 4.25. The van der Waals surface area contributed by atoms with Gasteiger partial charge in [0, 0.05) is 36.3 Å². The van der Waals surface area contributed by atoms with Crippen molar-refractivity contribution in [2.24, 2.45) is 0 Å². The zero-order chi connectivity index (χ0) is 14.7. The van der Waals surface area contributed by atoms with E-state index in [2.05, 4.69) is 49.0 Å². The van der Waals surface area contributed by atoms with Gasteiger partial charge >= 0.3 is 0 Å². The predicted molar refractivity (Wildman–Crippen MR) is 84.4 cm³/mol. The van der Waals surface area contributed by atoms with E-state index in [1.54, 1.807) is 0 Å². The molecule has 0 spiro atoms. The first-order chi connectivity index (χ1) is 9.52. The fourth-order valence-corrected chi connectivity index (χ4v) is 2.93. The number of nitrogens with zero attached hydrogens (tertiary/aromatic N) is 3. The van der Waals surface area contributed by atoms with Gasteiger partial charge in [0.1, 0.15) is 11.6 Å². The molecule has 1 saturated heterocycles. The standard InChI is InChI=1S/C16H28N4/c1-11(2)16-18-12(3)10-15(19-16)20-9-7-6-8-14(20)13(4)17-5/h10-11,13-14,17H,6-9H2,1-5H3. The molecule has 2 atom stereocenters. The molecule has 2 unspecified atom stereocenters. The van der Waals surface area contributed by atoms with Gasteiger partial charge in [0.2, 0.25) is 0 Å². The Bertz CT molecular complexity index is 444. The third kappa shape index (κ3) is 3.29. The lowest BCUT2D eigenvalue weighted by atomic mass is 9.96. The summed E-state index contributed by atoms with van der Waals surface area (Å²) in [6.45, 7) is 9.74. The molecule has 1 aromatic rings. The van der Waals surface area contributed by atoms with Crippen LogP contribution in [0.3, 0.4) is 0 Å². The average Bonchev–Trinajstić information content (AvgIpc) is 2.45. The zero-order valence-corrected chi connectivity index (χ0v) is 13.5. The van der Waals surface area contributed by atoms with Crippen molar-refractivity contribution < 1.29 is 0 Å². The fourth-order valence-electron chi connectivity index (χ4n) is 2.93. The number of piperidine rings is 1. The van der Waals surface area contributed by atoms with Crippen LogP contribution in [-0.4, -0.2) is 35.6 Å². The first kappa shape index (κ1) is 15.2. The van der Waals surface area contributed by atoms with Gasteiger partial charge < -0.3 is 10.2 Å². The van der Waals surface area contributed by atoms with E-state index in [0.29, 0.717) is 18.0 Å². The molecule has 2 rings (SSSR count). The number of rotatable bonds is 4. The number of likely N-dealkylation sites (N-methyl/N-ethyl adjacent to an activating group) is 1. The molecule has 0 radical (unpaired) electrons. The van der Waals surface area contributed by atoms with Crippen LogP contribution < -0.4 is 10.2 Å². The largest absolute Gasteiger partial charge is 0.352 e. The van der Waals surface area contributed by atoms with Crippen molar-refractivity contribution in [3.05, 3.63) is 17.6 Å². The molecule has 0 aliphatic carbocycles. The van der Waals surface area contributed by atoms with Crippen molar-refractivity contribution in [1.29, 1.82) is 0 Å². The summed E-state index contributed by atoms with van der Waals surface area (Å²) in [6.07, 6.45) is 3.81. The second-order valence-electron chi connectivity index (χ2n) is 6.21. The Morgan fingerprint density at radius 3 is 2.65 bits per heavy atom. The van der Waals surface area contributed by atoms with Crippen LogP contribution in [0.2, 0.25) is 0 Å². The molecule has 1 aliphatic rings. The van der Waals surface area contributed by atoms with Crippen LogP contribution >= 0.6 is 0 Å². The minimum Gasteiger partial charge on any atom is -0.352 e. The van der Waals surface area contributed by atoms with Crippen molar-refractivity contribution in [3.8, 4) is 0 Å². The summed E-state index contributed by atoms with van der Waals surface area (Å²) >= 11 is 0. The van der Waals surface area contributed by atoms with Crippen LogP contribution in [0, 0.1) is 6.92 Å². The number of hydrogen-bond acceptors (Lipinski definition) is 4. The molecule has 2 heterocycles. The van der Waals surface area contributed by atoms with Crippen LogP contribution in [0.15, 0.2) is 6.07 Å². The van der Waals surface area contributed by atoms with Gasteiger partial charge in [-0.3, -0.25) is 0 Å². The highest BCUT2D eigenvalue weighted by molar-refractivity contribution is 5.42. The van der Waals surface area contributed by atoms with Crippen LogP contribution in [0.1, 0.15) is 57.5 Å². The molecular weight excluding hydrogens is 248 g/mol. The van der Waals surface area contributed by atoms with Crippen LogP contribution in [0.5, 0.6) is 0 Å². The Morgan fingerprint density at radius 2 is 2.00 bits per heavy atom. The molecule has 4 heteroatoms. The van der Waals surface area contributed by atoms with E-state index in [-0.39, 0.29) is 0 Å². The van der Waals surface area contributed by atoms with E-state index in [4.69, 9.17) is 4.98 Å². The maximum absolute atomic E-state index is 4.81. The quantitative estimate of drug-likeness (QED) is 0.918. The summed E-state index contributed by atoms with van der Waals surface area (Å²) in [5, 5.41) is 3.40. The number of hydrogen-bond donors (Lipinski definition) is 1. The minimum atomic E-state index is 0.374. The average molecular weight is 276 g/mol. The second-order valence-corrected chi connectivity index (χ2v) is 6.21. The zero-order valence-electron chi connectivity index (χ0n) is 13.5. The van der Waals surface area contributed by atoms with Crippen molar-refractivity contribution in [3.63, 3.8) is 0 Å². The number of anilines is 1. The van der Waals surface area contributed by atoms with Gasteiger partial charge in [-0.2, -0.15) is 0 Å². The SMILES string of the molecule is CNC(C)C1CCCCN1c1cc(C)nc(C(C)C)n1. The molecule has 1 aromatic heterocycles. The summed E-state index contributed by atoms with van der Waals surface area (Å²) in [5.41, 5.74) is 1.07. The smallest absolute Gasteiger partial charge is 0.133 e. The maximum Gasteiger partial charge on any atom is 0.133 e. The van der Waals surface area contributed by atoms with E-state index >= 15 is 0 Å². The summed E-state index contributed by atoms with van der Waals surface area (Å²) < 4.78 is 0. The molecule has 0 bridgehead atoms. The normalized spacial score (nSPS) is 21.3. The molecule has 112 valence electrons. The summed E-state index contributed by atoms with van der Waals surface area (Å²) in [6, 6.07) is 3.14. The Labute approximate surface area is 123 Å². The first-order valence-corrected chi connectivity index (χ1v) is 7.82. The van der Waals surface area contributed by atoms with Gasteiger partial charge in [0.25, 0.3) is 0 Å². The summed E-state index contributed by atoms with van der Waals surface area (Å²) in [4.78, 5) is 11.9. The predicted octanol–water partition coefficient (Wildman–Crippen LogP) is 2.88. The van der Waals surface area contributed by atoms with Crippen molar-refractivity contribution in [2.75, 3.05) is 18.5 Å². The number of nitrogens with one attached hydrogen (secondary N) is 1. The number of aromatic nitrogens is 2. The molecule has 0 amide bonds. The fraction of sp³-hybridized carbons (Fsp3) is 0.750. The number of aryl methyl sites for hydroxylation is 1. The Morgan fingerprint density at radius 1 is 1.25 bits per heavy atom. The molecule has 20 heavy (non-hydrogen) atoms. The lowest BCUT2D eigenvalue weighted by Gasteiger charge is -2.40. The highest BCUT2D eigenvalue weighted by Crippen LogP contribution is 2.26. The Balaban J connectivity index is 2.32. The molecule has 1 fully saturated rings. The van der Waals surface area contributed by atoms with Gasteiger partial charge in [-0.05, 0) is 40.2 Å². The highest BCUT2D eigenvalue weighted by atomic mass is 15.2. The topological polar surface area (TPSA) is 41.0 Å². The van der Waals surface area contributed by atoms with E-state index in [1.807, 2.05) is 7.05 Å². The van der Waals surface area contributed by atoms with Crippen molar-refractivity contribution >= 4 is 5.82 Å². The monoisotopic (exact) mass is 276 g/mol. The maximum atomic E-state index is 4.81. The lowest BCUT2D eigenvalue weighted by molar-refractivity contribution is 0.379. The molecule has 0 saturated carbocycles. The first-order valence-electron chi connectivity index (χ1n) is 7.82. The van der Waals surface area contributed by atoms with Crippen molar-refractivity contribution in [1.82, 2.24) is 15.3 Å². The van der Waals surface area contributed by atoms with E-state index in [9.17, 15) is 0 Å². The highest BCUT2D eigenvalue weighted by Gasteiger charge is 2.28. The molecule has 1 N–H and O–H groups in total. The lowest BCUT2D eigenvalue weighted by Crippen LogP contribution is -2.50. The van der Waals surface area contributed by atoms with Gasteiger partial charge in [-0.25, -0.2) is 9.97 Å². The van der Waals surface area contributed by atoms with Gasteiger partial charge in [-0.15, -0.1) is 0 Å². The Kier molecular flexibility index (Phi) is 4.97. The minimum absolute atomic E-state index is 0.374. The van der Waals surface area contributed by atoms with Crippen LogP contribution in [0.25, 0.3) is 0 Å². The van der Waals surface area contributed by atoms with E-state index in [1.165, 1.54) is 19.3 Å². The molecule has 0 aromatic carbocycles. The second kappa shape index (κ2) is 6.53. The summed E-state index contributed by atoms with van der Waals surface area (Å²) in [5.74, 6) is 2.44. The molecular formula is C16H28N4. The molecule has 4 nitrogen and oxygen atoms in total. The van der Waals surface area contributed by atoms with Crippen LogP contribution in [0.4, 0.5) is 5.82 Å². The van der Waals surface area contributed by atoms with Gasteiger partial charge in [0.05, 0.1) is 0 Å². The van der Waals surface area contributed by atoms with E-state index in [0.717, 1.165) is 23.9 Å². The molecule has 1 aliphatic heterocycles. The van der Waals surface area contributed by atoms with E-state index < -0.39 is 0 Å².